The fourth-order valence-corrected chi connectivity index (χ4v) is 1.87. The zero-order chi connectivity index (χ0) is 11.1. The number of nitrogens with one attached hydrogen (secondary N) is 1. The van der Waals surface area contributed by atoms with Crippen molar-refractivity contribution < 1.29 is 4.74 Å². The van der Waals surface area contributed by atoms with Gasteiger partial charge >= 0.3 is 0 Å². The fourth-order valence-electron chi connectivity index (χ4n) is 1.87. The smallest absolute Gasteiger partial charge is 0.109 e. The number of hydrogen-bond donors (Lipinski definition) is 1. The van der Waals surface area contributed by atoms with Gasteiger partial charge in [-0.3, -0.25) is 5.32 Å². The molecule has 0 aromatic carbocycles. The van der Waals surface area contributed by atoms with E-state index in [-0.39, 0.29) is 5.54 Å². The van der Waals surface area contributed by atoms with Crippen molar-refractivity contribution in [2.24, 2.45) is 0 Å². The molecule has 0 aliphatic carbocycles. The maximum Gasteiger partial charge on any atom is 0.109 e. The number of rotatable bonds is 5. The molecule has 1 rings (SSSR count). The van der Waals surface area contributed by atoms with Crippen molar-refractivity contribution in [1.82, 2.24) is 10.2 Å². The maximum absolute atomic E-state index is 9.22. The number of piperidine rings is 1. The van der Waals surface area contributed by atoms with Gasteiger partial charge in [-0.1, -0.05) is 0 Å². The topological polar surface area (TPSA) is 48.3 Å². The van der Waals surface area contributed by atoms with Crippen LogP contribution in [0.2, 0.25) is 0 Å². The molecule has 1 fully saturated rings. The summed E-state index contributed by atoms with van der Waals surface area (Å²) in [5.74, 6) is 0. The van der Waals surface area contributed by atoms with E-state index in [1.807, 2.05) is 0 Å². The van der Waals surface area contributed by atoms with Gasteiger partial charge in [0, 0.05) is 26.8 Å². The summed E-state index contributed by atoms with van der Waals surface area (Å²) in [5.41, 5.74) is -0.291. The SMILES string of the molecule is COCCCNC1(C#N)CCN(C)CC1. The molecule has 1 aliphatic rings. The van der Waals surface area contributed by atoms with Crippen LogP contribution < -0.4 is 5.32 Å². The summed E-state index contributed by atoms with van der Waals surface area (Å²) in [6.45, 7) is 3.63. The number of hydrogen-bond acceptors (Lipinski definition) is 4. The molecule has 15 heavy (non-hydrogen) atoms. The Bertz CT molecular complexity index is 216. The largest absolute Gasteiger partial charge is 0.385 e. The van der Waals surface area contributed by atoms with Crippen molar-refractivity contribution in [2.45, 2.75) is 24.8 Å². The van der Waals surface area contributed by atoms with Crippen molar-refractivity contribution in [3.05, 3.63) is 0 Å². The normalized spacial score (nSPS) is 21.1. The van der Waals surface area contributed by atoms with Crippen LogP contribution in [0.3, 0.4) is 0 Å². The molecule has 0 amide bonds. The summed E-state index contributed by atoms with van der Waals surface area (Å²) < 4.78 is 4.98. The predicted molar refractivity (Wildman–Crippen MR) is 59.6 cm³/mol. The zero-order valence-corrected chi connectivity index (χ0v) is 9.75. The van der Waals surface area contributed by atoms with Gasteiger partial charge < -0.3 is 9.64 Å². The summed E-state index contributed by atoms with van der Waals surface area (Å²) in [7, 11) is 3.81. The lowest BCUT2D eigenvalue weighted by Crippen LogP contribution is -2.52. The Morgan fingerprint density at radius 3 is 2.67 bits per heavy atom. The van der Waals surface area contributed by atoms with Crippen molar-refractivity contribution in [1.29, 1.82) is 5.26 Å². The summed E-state index contributed by atoms with van der Waals surface area (Å²) >= 11 is 0. The molecule has 0 atom stereocenters. The second kappa shape index (κ2) is 6.06. The third-order valence-corrected chi connectivity index (χ3v) is 3.04. The summed E-state index contributed by atoms with van der Waals surface area (Å²) in [4.78, 5) is 2.27. The van der Waals surface area contributed by atoms with E-state index >= 15 is 0 Å². The van der Waals surface area contributed by atoms with Crippen LogP contribution >= 0.6 is 0 Å². The average Bonchev–Trinajstić information content (AvgIpc) is 2.28. The van der Waals surface area contributed by atoms with Gasteiger partial charge in [0.1, 0.15) is 5.54 Å². The first-order chi connectivity index (χ1) is 7.22. The molecular formula is C11H21N3O. The highest BCUT2D eigenvalue weighted by Crippen LogP contribution is 2.20. The quantitative estimate of drug-likeness (QED) is 0.677. The van der Waals surface area contributed by atoms with Crippen LogP contribution in [-0.4, -0.2) is 50.8 Å². The van der Waals surface area contributed by atoms with Crippen LogP contribution in [0.15, 0.2) is 0 Å². The molecule has 1 saturated heterocycles. The summed E-state index contributed by atoms with van der Waals surface area (Å²) in [6.07, 6.45) is 2.82. The van der Waals surface area contributed by atoms with E-state index in [1.165, 1.54) is 0 Å². The van der Waals surface area contributed by atoms with Crippen LogP contribution in [0.25, 0.3) is 0 Å². The molecule has 0 aromatic heterocycles. The van der Waals surface area contributed by atoms with Crippen LogP contribution in [0.5, 0.6) is 0 Å². The molecule has 1 N–H and O–H groups in total. The first-order valence-electron chi connectivity index (χ1n) is 5.56. The Labute approximate surface area is 92.2 Å². The third kappa shape index (κ3) is 3.78. The Kier molecular flexibility index (Phi) is 5.03. The Hall–Kier alpha value is -0.630. The minimum Gasteiger partial charge on any atom is -0.385 e. The average molecular weight is 211 g/mol. The standard InChI is InChI=1S/C11H21N3O/c1-14-7-4-11(10-12,5-8-14)13-6-3-9-15-2/h13H,3-9H2,1-2H3. The van der Waals surface area contributed by atoms with Crippen molar-refractivity contribution in [3.63, 3.8) is 0 Å². The predicted octanol–water partition coefficient (Wildman–Crippen LogP) is 0.600. The van der Waals surface area contributed by atoms with Crippen molar-refractivity contribution >= 4 is 0 Å². The highest BCUT2D eigenvalue weighted by molar-refractivity contribution is 5.09. The second-order valence-corrected chi connectivity index (χ2v) is 4.27. The number of methoxy groups -OCH3 is 1. The lowest BCUT2D eigenvalue weighted by molar-refractivity contribution is 0.175. The number of nitrogens with zero attached hydrogens (tertiary/aromatic N) is 2. The van der Waals surface area contributed by atoms with E-state index in [2.05, 4.69) is 23.3 Å². The number of ether oxygens (including phenoxy) is 1. The molecule has 0 radical (unpaired) electrons. The van der Waals surface area contributed by atoms with Crippen LogP contribution in [-0.2, 0) is 4.74 Å². The molecule has 0 aromatic rings. The van der Waals surface area contributed by atoms with Gasteiger partial charge in [0.2, 0.25) is 0 Å². The van der Waals surface area contributed by atoms with E-state index < -0.39 is 0 Å². The van der Waals surface area contributed by atoms with Gasteiger partial charge in [0.15, 0.2) is 0 Å². The molecule has 1 aliphatic heterocycles. The lowest BCUT2D eigenvalue weighted by Gasteiger charge is -2.36. The molecule has 1 heterocycles. The van der Waals surface area contributed by atoms with Crippen molar-refractivity contribution in [3.8, 4) is 6.07 Å². The van der Waals surface area contributed by atoms with Crippen LogP contribution in [0.4, 0.5) is 0 Å². The minimum absolute atomic E-state index is 0.291. The first-order valence-corrected chi connectivity index (χ1v) is 5.56. The van der Waals surface area contributed by atoms with Gasteiger partial charge in [-0.2, -0.15) is 5.26 Å². The third-order valence-electron chi connectivity index (χ3n) is 3.04. The van der Waals surface area contributed by atoms with Gasteiger partial charge in [-0.05, 0) is 32.9 Å². The maximum atomic E-state index is 9.22. The molecule has 4 heteroatoms. The fraction of sp³-hybridized carbons (Fsp3) is 0.909. The van der Waals surface area contributed by atoms with Crippen LogP contribution in [0, 0.1) is 11.3 Å². The molecule has 0 saturated carbocycles. The lowest BCUT2D eigenvalue weighted by atomic mass is 9.89. The first kappa shape index (κ1) is 12.4. The van der Waals surface area contributed by atoms with Crippen LogP contribution in [0.1, 0.15) is 19.3 Å². The molecule has 4 nitrogen and oxygen atoms in total. The summed E-state index contributed by atoms with van der Waals surface area (Å²) in [6, 6.07) is 2.44. The van der Waals surface area contributed by atoms with E-state index in [9.17, 15) is 5.26 Å². The monoisotopic (exact) mass is 211 g/mol. The molecular weight excluding hydrogens is 190 g/mol. The van der Waals surface area contributed by atoms with E-state index in [1.54, 1.807) is 7.11 Å². The molecule has 0 spiro atoms. The van der Waals surface area contributed by atoms with Gasteiger partial charge in [-0.15, -0.1) is 0 Å². The number of likely N-dealkylation sites (tertiary alicyclic amines) is 1. The molecule has 0 unspecified atom stereocenters. The van der Waals surface area contributed by atoms with E-state index in [4.69, 9.17) is 4.74 Å². The Morgan fingerprint density at radius 2 is 2.13 bits per heavy atom. The highest BCUT2D eigenvalue weighted by Gasteiger charge is 2.32. The van der Waals surface area contributed by atoms with E-state index in [0.29, 0.717) is 0 Å². The Balaban J connectivity index is 2.31. The van der Waals surface area contributed by atoms with Gasteiger partial charge in [0.25, 0.3) is 0 Å². The highest BCUT2D eigenvalue weighted by atomic mass is 16.5. The minimum atomic E-state index is -0.291. The van der Waals surface area contributed by atoms with Gasteiger partial charge in [0.05, 0.1) is 6.07 Å². The second-order valence-electron chi connectivity index (χ2n) is 4.27. The Morgan fingerprint density at radius 1 is 1.47 bits per heavy atom. The number of nitriles is 1. The zero-order valence-electron chi connectivity index (χ0n) is 9.75. The van der Waals surface area contributed by atoms with Crippen molar-refractivity contribution in [2.75, 3.05) is 40.4 Å². The summed E-state index contributed by atoms with van der Waals surface area (Å²) in [5, 5.41) is 12.6. The van der Waals surface area contributed by atoms with E-state index in [0.717, 1.165) is 45.5 Å². The van der Waals surface area contributed by atoms with Gasteiger partial charge in [-0.25, -0.2) is 0 Å². The molecule has 0 bridgehead atoms. The molecule has 86 valence electrons.